The van der Waals surface area contributed by atoms with Crippen molar-refractivity contribution in [2.45, 2.75) is 64.5 Å². The van der Waals surface area contributed by atoms with Crippen molar-refractivity contribution < 1.29 is 36.4 Å². The first-order valence-corrected chi connectivity index (χ1v) is 12.4. The van der Waals surface area contributed by atoms with Crippen molar-refractivity contribution in [1.82, 2.24) is 5.32 Å². The summed E-state index contributed by atoms with van der Waals surface area (Å²) in [5.74, 6) is 1.48. The molecule has 0 aromatic heterocycles. The number of hydrogen-bond donors (Lipinski definition) is 1. The summed E-state index contributed by atoms with van der Waals surface area (Å²) in [6, 6.07) is 14.5. The summed E-state index contributed by atoms with van der Waals surface area (Å²) in [6.45, 7) is 12.6. The molecule has 0 fully saturated rings. The van der Waals surface area contributed by atoms with Gasteiger partial charge in [-0.25, -0.2) is 0 Å². The van der Waals surface area contributed by atoms with Crippen molar-refractivity contribution in [2.75, 3.05) is 20.3 Å². The van der Waals surface area contributed by atoms with E-state index in [4.69, 9.17) is 25.8 Å². The molecule has 0 aliphatic carbocycles. The van der Waals surface area contributed by atoms with Crippen LogP contribution < -0.4 is 14.8 Å². The number of ether oxygens (including phenoxy) is 3. The second kappa shape index (κ2) is 20.5. The molecule has 0 heterocycles. The van der Waals surface area contributed by atoms with E-state index < -0.39 is 0 Å². The molecule has 0 radical (unpaired) electrons. The Bertz CT molecular complexity index is 783. The predicted molar refractivity (Wildman–Crippen MR) is 141 cm³/mol. The van der Waals surface area contributed by atoms with Crippen LogP contribution in [0.1, 0.15) is 62.7 Å². The van der Waals surface area contributed by atoms with E-state index in [9.17, 15) is 4.79 Å². The van der Waals surface area contributed by atoms with Crippen LogP contribution in [0.15, 0.2) is 48.5 Å². The Balaban J connectivity index is 0.00000274. The first kappa shape index (κ1) is 33.3. The third kappa shape index (κ3) is 14.4. The second-order valence-corrected chi connectivity index (χ2v) is 8.35. The molecule has 0 bridgehead atoms. The first-order valence-electron chi connectivity index (χ1n) is 12.0. The number of benzene rings is 2. The molecule has 7 heteroatoms. The molecule has 2 rings (SSSR count). The van der Waals surface area contributed by atoms with Gasteiger partial charge in [0.1, 0.15) is 11.5 Å². The fourth-order valence-corrected chi connectivity index (χ4v) is 3.25. The van der Waals surface area contributed by atoms with Gasteiger partial charge in [-0.05, 0) is 81.1 Å². The van der Waals surface area contributed by atoms with Crippen LogP contribution in [0.4, 0.5) is 0 Å². The van der Waals surface area contributed by atoms with E-state index >= 15 is 0 Å². The van der Waals surface area contributed by atoms with E-state index in [1.54, 1.807) is 19.2 Å². The number of halogens is 1. The molecule has 0 saturated heterocycles. The minimum absolute atomic E-state index is 0. The van der Waals surface area contributed by atoms with Crippen molar-refractivity contribution in [2.24, 2.45) is 0 Å². The van der Waals surface area contributed by atoms with Gasteiger partial charge in [-0.3, -0.25) is 4.79 Å². The van der Waals surface area contributed by atoms with E-state index in [0.717, 1.165) is 43.6 Å². The third-order valence-corrected chi connectivity index (χ3v) is 5.26. The number of carbonyl (C=O) groups excluding carboxylic acids is 1. The van der Waals surface area contributed by atoms with Gasteiger partial charge < -0.3 is 33.4 Å². The van der Waals surface area contributed by atoms with Crippen LogP contribution in [0.25, 0.3) is 0 Å². The quantitative estimate of drug-likeness (QED) is 0.208. The average Bonchev–Trinajstić information content (AvgIpc) is 2.83. The molecule has 1 amide bonds. The van der Waals surface area contributed by atoms with Gasteiger partial charge in [0.15, 0.2) is 0 Å². The van der Waals surface area contributed by atoms with Gasteiger partial charge in [0.25, 0.3) is 5.91 Å². The molecule has 0 aliphatic rings. The molecule has 1 N–H and O–H groups in total. The van der Waals surface area contributed by atoms with E-state index in [2.05, 4.69) is 19.2 Å². The van der Waals surface area contributed by atoms with E-state index in [0.29, 0.717) is 30.2 Å². The Morgan fingerprint density at radius 2 is 1.37 bits per heavy atom. The van der Waals surface area contributed by atoms with E-state index in [1.165, 1.54) is 0 Å². The maximum absolute atomic E-state index is 12.3. The maximum Gasteiger partial charge on any atom is 2.00 e. The van der Waals surface area contributed by atoms with Crippen LogP contribution in [0.3, 0.4) is 0 Å². The topological polar surface area (TPSA) is 56.8 Å². The van der Waals surface area contributed by atoms with Gasteiger partial charge in [0.05, 0.1) is 19.3 Å². The van der Waals surface area contributed by atoms with Crippen molar-refractivity contribution in [1.29, 1.82) is 0 Å². The van der Waals surface area contributed by atoms with Crippen LogP contribution in [0, 0.1) is 13.8 Å². The Kier molecular flexibility index (Phi) is 19.5. The number of hydrogen-bond acceptors (Lipinski definition) is 4. The second-order valence-electron chi connectivity index (χ2n) is 7.91. The van der Waals surface area contributed by atoms with Gasteiger partial charge in [-0.1, -0.05) is 18.5 Å². The minimum atomic E-state index is -0.129. The molecule has 0 spiro atoms. The molecular weight excluding hydrogens is 502 g/mol. The van der Waals surface area contributed by atoms with Crippen molar-refractivity contribution in [3.8, 4) is 11.5 Å². The smallest absolute Gasteiger partial charge is 0.494 e. The molecule has 0 saturated carbocycles. The first-order chi connectivity index (χ1) is 16.4. The fraction of sp³-hybridized carbons (Fsp3) is 0.464. The molecule has 2 aromatic carbocycles. The molecule has 194 valence electrons. The number of unbranched alkanes of at least 4 members (excludes halogenated alkanes) is 3. The van der Waals surface area contributed by atoms with Gasteiger partial charge in [-0.15, -0.1) is 0 Å². The Labute approximate surface area is 228 Å². The number of nitrogens with one attached hydrogen (secondary N) is 1. The molecule has 35 heavy (non-hydrogen) atoms. The number of rotatable bonds is 14. The largest absolute Gasteiger partial charge is 2.00 e. The summed E-state index contributed by atoms with van der Waals surface area (Å²) in [4.78, 5) is 12.3. The number of amides is 1. The Morgan fingerprint density at radius 3 is 1.80 bits per heavy atom. The molecule has 0 aliphatic heterocycles. The number of methoxy groups -OCH3 is 1. The van der Waals surface area contributed by atoms with Crippen LogP contribution in [-0.4, -0.2) is 38.4 Å². The maximum atomic E-state index is 12.3. The summed E-state index contributed by atoms with van der Waals surface area (Å²) in [5, 5.41) is 3.66. The molecular formula is C28H40ClCrNO4. The van der Waals surface area contributed by atoms with Crippen LogP contribution in [0.2, 0.25) is 5.02 Å². The van der Waals surface area contributed by atoms with Gasteiger partial charge in [0.2, 0.25) is 0 Å². The van der Waals surface area contributed by atoms with Gasteiger partial charge in [0, 0.05) is 23.7 Å². The fourth-order valence-electron chi connectivity index (χ4n) is 3.13. The summed E-state index contributed by atoms with van der Waals surface area (Å²) in [6.07, 6.45) is 5.64. The minimum Gasteiger partial charge on any atom is -0.494 e. The summed E-state index contributed by atoms with van der Waals surface area (Å²) < 4.78 is 16.8. The summed E-state index contributed by atoms with van der Waals surface area (Å²) in [5.41, 5.74) is 0.596. The van der Waals surface area contributed by atoms with Crippen molar-refractivity contribution >= 4 is 17.5 Å². The Hall–Kier alpha value is -1.71. The molecule has 2 unspecified atom stereocenters. The SMILES string of the molecule is [CH2-]CC.[CH2-]CC(OC)C(C)NC(=O)c1ccc(OCCCCCCOc2ccc(Cl)cc2)cc1.[Cr+2]. The van der Waals surface area contributed by atoms with E-state index in [-0.39, 0.29) is 35.4 Å². The van der Waals surface area contributed by atoms with Gasteiger partial charge in [-0.2, -0.15) is 12.8 Å². The normalized spacial score (nSPS) is 11.8. The van der Waals surface area contributed by atoms with Crippen LogP contribution in [0.5, 0.6) is 11.5 Å². The van der Waals surface area contributed by atoms with E-state index in [1.807, 2.05) is 50.2 Å². The van der Waals surface area contributed by atoms with Crippen LogP contribution in [-0.2, 0) is 22.1 Å². The van der Waals surface area contributed by atoms with Crippen molar-refractivity contribution in [3.63, 3.8) is 0 Å². The summed E-state index contributed by atoms with van der Waals surface area (Å²) in [7, 11) is 1.62. The molecule has 5 nitrogen and oxygen atoms in total. The average molecular weight is 542 g/mol. The monoisotopic (exact) mass is 541 g/mol. The predicted octanol–water partition coefficient (Wildman–Crippen LogP) is 6.94. The van der Waals surface area contributed by atoms with Gasteiger partial charge >= 0.3 is 17.4 Å². The molecule has 2 aromatic rings. The zero-order valence-electron chi connectivity index (χ0n) is 21.3. The zero-order valence-corrected chi connectivity index (χ0v) is 23.3. The van der Waals surface area contributed by atoms with Crippen molar-refractivity contribution in [3.05, 3.63) is 73.0 Å². The third-order valence-electron chi connectivity index (χ3n) is 5.01. The molecule has 2 atom stereocenters. The standard InChI is InChI=1S/C25H33ClNO4.C3H7.Cr/c1-4-24(29-3)19(2)27-25(28)20-9-13-22(14-10-20)30-17-7-5-6-8-18-31-23-15-11-21(26)12-16-23;1-3-2;/h9-16,19,24H,1,4-8,17-18H2,2-3H3,(H,27,28);1,3H2,2H3;/q2*-1;+2. The van der Waals surface area contributed by atoms with Crippen LogP contribution >= 0.6 is 11.6 Å². The Morgan fingerprint density at radius 1 is 0.914 bits per heavy atom. The number of carbonyl (C=O) groups is 1. The summed E-state index contributed by atoms with van der Waals surface area (Å²) >= 11 is 5.86. The zero-order chi connectivity index (χ0) is 25.2.